The smallest absolute Gasteiger partial charge is 0.211 e. The Morgan fingerprint density at radius 1 is 1.29 bits per heavy atom. The summed E-state index contributed by atoms with van der Waals surface area (Å²) < 4.78 is 24.9. The third-order valence-corrected chi connectivity index (χ3v) is 3.91. The zero-order valence-corrected chi connectivity index (χ0v) is 15.3. The Labute approximate surface area is 143 Å². The van der Waals surface area contributed by atoms with Gasteiger partial charge >= 0.3 is 0 Å². The Morgan fingerprint density at radius 3 is 2.62 bits per heavy atom. The van der Waals surface area contributed by atoms with Gasteiger partial charge in [0, 0.05) is 26.3 Å². The fraction of sp³-hybridized carbons (Fsp3) is 0.500. The Kier molecular flexibility index (Phi) is 10.3. The maximum Gasteiger partial charge on any atom is 0.211 e. The van der Waals surface area contributed by atoms with E-state index in [1.807, 2.05) is 18.2 Å². The second-order valence-electron chi connectivity index (χ2n) is 3.97. The number of aliphatic imine (C=N–C) groups is 1. The number of nitrogens with zero attached hydrogens (tertiary/aromatic N) is 2. The van der Waals surface area contributed by atoms with Crippen molar-refractivity contribution in [3.05, 3.63) is 30.1 Å². The molecule has 1 aromatic rings. The normalized spacial score (nSPS) is 11.6. The van der Waals surface area contributed by atoms with Gasteiger partial charge in [-0.15, -0.1) is 24.0 Å². The molecule has 0 spiro atoms. The molecule has 0 saturated carbocycles. The molecule has 7 nitrogen and oxygen atoms in total. The average molecular weight is 427 g/mol. The van der Waals surface area contributed by atoms with Crippen LogP contribution in [0.3, 0.4) is 0 Å². The number of sulfonamides is 1. The van der Waals surface area contributed by atoms with Crippen LogP contribution in [-0.2, 0) is 16.6 Å². The van der Waals surface area contributed by atoms with Gasteiger partial charge < -0.3 is 10.6 Å². The molecule has 0 atom stereocenters. The van der Waals surface area contributed by atoms with E-state index in [-0.39, 0.29) is 29.7 Å². The highest BCUT2D eigenvalue weighted by molar-refractivity contribution is 14.0. The molecule has 0 aliphatic heterocycles. The highest BCUT2D eigenvalue weighted by Crippen LogP contribution is 1.91. The molecule has 0 aliphatic carbocycles. The third kappa shape index (κ3) is 8.83. The van der Waals surface area contributed by atoms with E-state index in [2.05, 4.69) is 25.3 Å². The van der Waals surface area contributed by atoms with E-state index in [0.717, 1.165) is 5.69 Å². The molecule has 0 aromatic carbocycles. The van der Waals surface area contributed by atoms with Crippen molar-refractivity contribution < 1.29 is 8.42 Å². The van der Waals surface area contributed by atoms with Crippen LogP contribution in [0.15, 0.2) is 29.4 Å². The summed E-state index contributed by atoms with van der Waals surface area (Å²) in [6.07, 6.45) is 1.73. The molecule has 1 aromatic heterocycles. The number of hydrogen-bond donors (Lipinski definition) is 3. The number of hydrogen-bond acceptors (Lipinski definition) is 4. The monoisotopic (exact) mass is 427 g/mol. The van der Waals surface area contributed by atoms with Crippen LogP contribution >= 0.6 is 24.0 Å². The number of guanidine groups is 1. The predicted octanol–water partition coefficient (Wildman–Crippen LogP) is 0.304. The number of halogens is 1. The summed E-state index contributed by atoms with van der Waals surface area (Å²) in [7, 11) is -1.48. The molecule has 0 aliphatic rings. The van der Waals surface area contributed by atoms with Crippen LogP contribution in [0.25, 0.3) is 0 Å². The topological polar surface area (TPSA) is 95.5 Å². The molecule has 0 saturated heterocycles. The Bertz CT molecular complexity index is 522. The minimum absolute atomic E-state index is 0. The van der Waals surface area contributed by atoms with Crippen molar-refractivity contribution in [3.8, 4) is 0 Å². The van der Waals surface area contributed by atoms with Gasteiger partial charge in [-0.1, -0.05) is 6.07 Å². The fourth-order valence-corrected chi connectivity index (χ4v) is 2.00. The van der Waals surface area contributed by atoms with E-state index < -0.39 is 10.0 Å². The molecule has 120 valence electrons. The van der Waals surface area contributed by atoms with Crippen molar-refractivity contribution in [1.82, 2.24) is 20.3 Å². The predicted molar refractivity (Wildman–Crippen MR) is 95.3 cm³/mol. The van der Waals surface area contributed by atoms with Gasteiger partial charge in [0.2, 0.25) is 10.0 Å². The first-order chi connectivity index (χ1) is 9.57. The van der Waals surface area contributed by atoms with Crippen LogP contribution in [0.4, 0.5) is 0 Å². The quantitative estimate of drug-likeness (QED) is 0.252. The molecule has 9 heteroatoms. The molecule has 0 unspecified atom stereocenters. The third-order valence-electron chi connectivity index (χ3n) is 2.51. The summed E-state index contributed by atoms with van der Waals surface area (Å²) >= 11 is 0. The molecule has 21 heavy (non-hydrogen) atoms. The van der Waals surface area contributed by atoms with Gasteiger partial charge in [0.25, 0.3) is 0 Å². The van der Waals surface area contributed by atoms with Gasteiger partial charge in [0.15, 0.2) is 5.96 Å². The number of pyridine rings is 1. The van der Waals surface area contributed by atoms with Gasteiger partial charge in [-0.3, -0.25) is 9.98 Å². The van der Waals surface area contributed by atoms with Crippen molar-refractivity contribution in [2.75, 3.05) is 25.9 Å². The number of aromatic nitrogens is 1. The highest BCUT2D eigenvalue weighted by atomic mass is 127. The highest BCUT2D eigenvalue weighted by Gasteiger charge is 2.05. The summed E-state index contributed by atoms with van der Waals surface area (Å²) in [5, 5.41) is 6.12. The van der Waals surface area contributed by atoms with Crippen molar-refractivity contribution >= 4 is 40.0 Å². The second-order valence-corrected chi connectivity index (χ2v) is 6.07. The molecule has 0 fully saturated rings. The SMILES string of the molecule is CCS(=O)(=O)NCCNC(=NC)NCc1ccccn1.I. The lowest BCUT2D eigenvalue weighted by Crippen LogP contribution is -2.41. The van der Waals surface area contributed by atoms with Crippen LogP contribution in [-0.4, -0.2) is 45.3 Å². The van der Waals surface area contributed by atoms with Gasteiger partial charge in [0.05, 0.1) is 18.0 Å². The average Bonchev–Trinajstić information content (AvgIpc) is 2.47. The van der Waals surface area contributed by atoms with E-state index in [0.29, 0.717) is 25.6 Å². The van der Waals surface area contributed by atoms with Crippen LogP contribution in [0, 0.1) is 0 Å². The Balaban J connectivity index is 0.00000400. The van der Waals surface area contributed by atoms with Crippen LogP contribution in [0.1, 0.15) is 12.6 Å². The van der Waals surface area contributed by atoms with Crippen molar-refractivity contribution in [2.24, 2.45) is 4.99 Å². The molecule has 0 amide bonds. The maximum atomic E-state index is 11.2. The minimum Gasteiger partial charge on any atom is -0.355 e. The fourth-order valence-electron chi connectivity index (χ4n) is 1.39. The molecule has 3 N–H and O–H groups in total. The van der Waals surface area contributed by atoms with E-state index in [1.165, 1.54) is 0 Å². The van der Waals surface area contributed by atoms with Crippen molar-refractivity contribution in [1.29, 1.82) is 0 Å². The summed E-state index contributed by atoms with van der Waals surface area (Å²) in [5.41, 5.74) is 0.905. The standard InChI is InChI=1S/C12H21N5O2S.HI/c1-3-20(18,19)17-9-8-15-12(13-2)16-10-11-6-4-5-7-14-11;/h4-7,17H,3,8-10H2,1-2H3,(H2,13,15,16);1H. The minimum atomic E-state index is -3.14. The summed E-state index contributed by atoms with van der Waals surface area (Å²) in [4.78, 5) is 8.23. The molecule has 0 bridgehead atoms. The van der Waals surface area contributed by atoms with E-state index in [4.69, 9.17) is 0 Å². The van der Waals surface area contributed by atoms with Gasteiger partial charge in [0.1, 0.15) is 0 Å². The van der Waals surface area contributed by atoms with Crippen LogP contribution < -0.4 is 15.4 Å². The first-order valence-corrected chi connectivity index (χ1v) is 8.04. The van der Waals surface area contributed by atoms with Crippen LogP contribution in [0.2, 0.25) is 0 Å². The summed E-state index contributed by atoms with van der Waals surface area (Å²) in [6, 6.07) is 5.69. The number of rotatable bonds is 7. The maximum absolute atomic E-state index is 11.2. The first kappa shape index (κ1) is 20.1. The summed E-state index contributed by atoms with van der Waals surface area (Å²) in [6.45, 7) is 2.94. The van der Waals surface area contributed by atoms with Crippen molar-refractivity contribution in [3.63, 3.8) is 0 Å². The zero-order valence-electron chi connectivity index (χ0n) is 12.2. The largest absolute Gasteiger partial charge is 0.355 e. The second kappa shape index (κ2) is 10.7. The summed E-state index contributed by atoms with van der Waals surface area (Å²) in [5.74, 6) is 0.686. The van der Waals surface area contributed by atoms with E-state index >= 15 is 0 Å². The molecule has 1 rings (SSSR count). The molecule has 1 heterocycles. The Morgan fingerprint density at radius 2 is 2.05 bits per heavy atom. The lowest BCUT2D eigenvalue weighted by molar-refractivity contribution is 0.582. The number of nitrogens with one attached hydrogen (secondary N) is 3. The van der Waals surface area contributed by atoms with Gasteiger partial charge in [-0.05, 0) is 19.1 Å². The van der Waals surface area contributed by atoms with E-state index in [9.17, 15) is 8.42 Å². The Hall–Kier alpha value is -0.940. The molecule has 0 radical (unpaired) electrons. The zero-order chi connectivity index (χ0) is 14.8. The van der Waals surface area contributed by atoms with E-state index in [1.54, 1.807) is 20.2 Å². The van der Waals surface area contributed by atoms with Gasteiger partial charge in [-0.2, -0.15) is 0 Å². The lowest BCUT2D eigenvalue weighted by atomic mass is 10.3. The lowest BCUT2D eigenvalue weighted by Gasteiger charge is -2.11. The first-order valence-electron chi connectivity index (χ1n) is 6.39. The molecular formula is C12H22IN5O2S. The molecular weight excluding hydrogens is 405 g/mol. The van der Waals surface area contributed by atoms with Crippen LogP contribution in [0.5, 0.6) is 0 Å². The van der Waals surface area contributed by atoms with Gasteiger partial charge in [-0.25, -0.2) is 13.1 Å². The van der Waals surface area contributed by atoms with Crippen molar-refractivity contribution in [2.45, 2.75) is 13.5 Å².